The zero-order valence-corrected chi connectivity index (χ0v) is 12.5. The van der Waals surface area contributed by atoms with Crippen LogP contribution in [0.15, 0.2) is 24.3 Å². The van der Waals surface area contributed by atoms with Gasteiger partial charge in [0, 0.05) is 19.6 Å². The van der Waals surface area contributed by atoms with Crippen LogP contribution in [-0.2, 0) is 17.4 Å². The maximum absolute atomic E-state index is 12.4. The molecule has 1 amide bonds. The number of aryl methyl sites for hydroxylation is 1. The van der Waals surface area contributed by atoms with E-state index in [0.717, 1.165) is 63.0 Å². The summed E-state index contributed by atoms with van der Waals surface area (Å²) in [6.45, 7) is 2.80. The molecular weight excluding hydrogens is 293 g/mol. The minimum Gasteiger partial charge on any atom is -0.340 e. The third kappa shape index (κ3) is 5.02. The Labute approximate surface area is 128 Å². The molecule has 0 radical (unpaired) electrons. The number of nitrogens with one attached hydrogen (secondary N) is 1. The van der Waals surface area contributed by atoms with E-state index in [1.807, 2.05) is 4.90 Å². The van der Waals surface area contributed by atoms with Gasteiger partial charge < -0.3 is 10.2 Å². The first-order valence-electron chi connectivity index (χ1n) is 7.61. The van der Waals surface area contributed by atoms with Crippen LogP contribution in [0.25, 0.3) is 0 Å². The Kier molecular flexibility index (Phi) is 5.83. The normalized spacial score (nSPS) is 16.1. The molecule has 1 saturated heterocycles. The van der Waals surface area contributed by atoms with Crippen LogP contribution in [0.2, 0.25) is 0 Å². The number of carbonyl (C=O) groups is 1. The molecule has 122 valence electrons. The number of rotatable bonds is 6. The zero-order valence-electron chi connectivity index (χ0n) is 12.5. The van der Waals surface area contributed by atoms with Crippen LogP contribution >= 0.6 is 0 Å². The average Bonchev–Trinajstić information content (AvgIpc) is 2.48. The monoisotopic (exact) mass is 314 g/mol. The molecular formula is C16H21F3N2O. The smallest absolute Gasteiger partial charge is 0.340 e. The molecule has 0 aliphatic carbocycles. The largest absolute Gasteiger partial charge is 0.416 e. The molecule has 0 atom stereocenters. The van der Waals surface area contributed by atoms with Crippen LogP contribution in [0.1, 0.15) is 30.4 Å². The van der Waals surface area contributed by atoms with Gasteiger partial charge in [-0.05, 0) is 37.0 Å². The fourth-order valence-corrected chi connectivity index (χ4v) is 2.55. The number of halogens is 3. The van der Waals surface area contributed by atoms with Gasteiger partial charge in [0.2, 0.25) is 5.91 Å². The zero-order chi connectivity index (χ0) is 16.0. The topological polar surface area (TPSA) is 32.3 Å². The summed E-state index contributed by atoms with van der Waals surface area (Å²) in [7, 11) is 0. The van der Waals surface area contributed by atoms with Gasteiger partial charge in [-0.1, -0.05) is 18.6 Å². The molecule has 0 aromatic heterocycles. The van der Waals surface area contributed by atoms with Gasteiger partial charge in [-0.2, -0.15) is 13.2 Å². The fourth-order valence-electron chi connectivity index (χ4n) is 2.55. The Hall–Kier alpha value is -1.56. The summed E-state index contributed by atoms with van der Waals surface area (Å²) in [5.41, 5.74) is 0.319. The van der Waals surface area contributed by atoms with Crippen molar-refractivity contribution in [1.82, 2.24) is 10.2 Å². The summed E-state index contributed by atoms with van der Waals surface area (Å²) in [5.74, 6) is 0.147. The van der Waals surface area contributed by atoms with E-state index in [1.165, 1.54) is 0 Å². The Balaban J connectivity index is 1.65. The molecule has 1 fully saturated rings. The van der Waals surface area contributed by atoms with Crippen LogP contribution in [0.3, 0.4) is 0 Å². The second kappa shape index (κ2) is 7.63. The van der Waals surface area contributed by atoms with E-state index in [2.05, 4.69) is 5.32 Å². The highest BCUT2D eigenvalue weighted by Crippen LogP contribution is 2.29. The minimum absolute atomic E-state index is 0.147. The van der Waals surface area contributed by atoms with Gasteiger partial charge in [-0.25, -0.2) is 0 Å². The highest BCUT2D eigenvalue weighted by Gasteiger charge is 2.29. The lowest BCUT2D eigenvalue weighted by atomic mass is 10.0. The average molecular weight is 314 g/mol. The summed E-state index contributed by atoms with van der Waals surface area (Å²) in [5, 5.41) is 3.03. The number of piperazine rings is 1. The molecule has 1 aromatic carbocycles. The van der Waals surface area contributed by atoms with Gasteiger partial charge in [0.1, 0.15) is 0 Å². The van der Waals surface area contributed by atoms with Crippen molar-refractivity contribution >= 4 is 5.91 Å². The lowest BCUT2D eigenvalue weighted by Gasteiger charge is -2.27. The Morgan fingerprint density at radius 2 is 1.82 bits per heavy atom. The summed E-state index contributed by atoms with van der Waals surface area (Å²) < 4.78 is 37.3. The number of alkyl halides is 3. The molecule has 1 aliphatic heterocycles. The number of unbranched alkanes of at least 4 members (excludes halogenated alkanes) is 2. The summed E-state index contributed by atoms with van der Waals surface area (Å²) in [4.78, 5) is 13.4. The first-order valence-corrected chi connectivity index (χ1v) is 7.61. The van der Waals surface area contributed by atoms with Gasteiger partial charge in [-0.3, -0.25) is 4.79 Å². The number of amides is 1. The Morgan fingerprint density at radius 1 is 1.09 bits per heavy atom. The number of benzene rings is 1. The van der Waals surface area contributed by atoms with Gasteiger partial charge in [-0.15, -0.1) is 0 Å². The van der Waals surface area contributed by atoms with Crippen LogP contribution < -0.4 is 5.32 Å². The lowest BCUT2D eigenvalue weighted by molar-refractivity contribution is -0.137. The summed E-state index contributed by atoms with van der Waals surface area (Å²) in [6.07, 6.45) is -0.668. The van der Waals surface area contributed by atoms with E-state index in [9.17, 15) is 18.0 Å². The van der Waals surface area contributed by atoms with Gasteiger partial charge in [0.15, 0.2) is 0 Å². The Bertz CT molecular complexity index is 485. The summed E-state index contributed by atoms with van der Waals surface area (Å²) >= 11 is 0. The molecule has 1 N–H and O–H groups in total. The van der Waals surface area contributed by atoms with Gasteiger partial charge in [0.05, 0.1) is 12.1 Å². The van der Waals surface area contributed by atoms with Crippen molar-refractivity contribution in [3.05, 3.63) is 35.4 Å². The quantitative estimate of drug-likeness (QED) is 0.819. The van der Waals surface area contributed by atoms with Crippen LogP contribution in [-0.4, -0.2) is 37.0 Å². The highest BCUT2D eigenvalue weighted by atomic mass is 19.4. The predicted octanol–water partition coefficient (Wildman–Crippen LogP) is 2.85. The van der Waals surface area contributed by atoms with E-state index < -0.39 is 11.7 Å². The van der Waals surface area contributed by atoms with E-state index in [4.69, 9.17) is 0 Å². The van der Waals surface area contributed by atoms with Crippen molar-refractivity contribution in [2.75, 3.05) is 26.2 Å². The molecule has 3 nitrogen and oxygen atoms in total. The molecule has 1 aromatic rings. The van der Waals surface area contributed by atoms with Gasteiger partial charge in [0.25, 0.3) is 0 Å². The second-order valence-corrected chi connectivity index (χ2v) is 5.56. The predicted molar refractivity (Wildman–Crippen MR) is 78.4 cm³/mol. The number of carbonyl (C=O) groups excluding carboxylic acids is 1. The van der Waals surface area contributed by atoms with E-state index >= 15 is 0 Å². The second-order valence-electron chi connectivity index (χ2n) is 5.56. The number of hydrogen-bond acceptors (Lipinski definition) is 2. The molecule has 0 saturated carbocycles. The van der Waals surface area contributed by atoms with E-state index in [0.29, 0.717) is 6.54 Å². The maximum atomic E-state index is 12.4. The van der Waals surface area contributed by atoms with Crippen molar-refractivity contribution in [3.63, 3.8) is 0 Å². The molecule has 0 unspecified atom stereocenters. The van der Waals surface area contributed by atoms with Crippen molar-refractivity contribution in [3.8, 4) is 0 Å². The van der Waals surface area contributed by atoms with Crippen molar-refractivity contribution < 1.29 is 18.0 Å². The van der Waals surface area contributed by atoms with Crippen LogP contribution in [0.4, 0.5) is 13.2 Å². The number of nitrogens with zero attached hydrogens (tertiary/aromatic N) is 1. The Morgan fingerprint density at radius 3 is 2.45 bits per heavy atom. The standard InChI is InChI=1S/C16H21F3N2O/c17-16(18,19)14-7-5-13(6-8-14)4-2-1-3-10-21-11-9-20-12-15(21)22/h5-8,20H,1-4,9-12H2. The first kappa shape index (κ1) is 16.8. The SMILES string of the molecule is O=C1CNCCN1CCCCCc1ccc(C(F)(F)F)cc1. The fraction of sp³-hybridized carbons (Fsp3) is 0.562. The van der Waals surface area contributed by atoms with Crippen molar-refractivity contribution in [2.24, 2.45) is 0 Å². The third-order valence-electron chi connectivity index (χ3n) is 3.86. The van der Waals surface area contributed by atoms with E-state index in [1.54, 1.807) is 12.1 Å². The minimum atomic E-state index is -4.27. The maximum Gasteiger partial charge on any atom is 0.416 e. The lowest BCUT2D eigenvalue weighted by Crippen LogP contribution is -2.48. The molecule has 22 heavy (non-hydrogen) atoms. The van der Waals surface area contributed by atoms with Gasteiger partial charge >= 0.3 is 6.18 Å². The molecule has 0 spiro atoms. The molecule has 2 rings (SSSR count). The van der Waals surface area contributed by atoms with E-state index in [-0.39, 0.29) is 5.91 Å². The number of hydrogen-bond donors (Lipinski definition) is 1. The molecule has 1 heterocycles. The highest BCUT2D eigenvalue weighted by molar-refractivity contribution is 5.78. The molecule has 6 heteroatoms. The van der Waals surface area contributed by atoms with Crippen LogP contribution in [0.5, 0.6) is 0 Å². The van der Waals surface area contributed by atoms with Crippen molar-refractivity contribution in [2.45, 2.75) is 31.9 Å². The summed E-state index contributed by atoms with van der Waals surface area (Å²) in [6, 6.07) is 5.36. The molecule has 1 aliphatic rings. The molecule has 0 bridgehead atoms. The first-order chi connectivity index (χ1) is 10.5. The van der Waals surface area contributed by atoms with Crippen LogP contribution in [0, 0.1) is 0 Å². The van der Waals surface area contributed by atoms with Crippen molar-refractivity contribution in [1.29, 1.82) is 0 Å². The third-order valence-corrected chi connectivity index (χ3v) is 3.86.